The number of hydrogen-bond acceptors (Lipinski definition) is 3. The monoisotopic (exact) mass is 436 g/mol. The molecular weight excluding hydrogens is 407 g/mol. The predicted molar refractivity (Wildman–Crippen MR) is 107 cm³/mol. The normalized spacial score (nSPS) is 17.1. The van der Waals surface area contributed by atoms with Crippen LogP contribution in [0.4, 0.5) is 0 Å². The van der Waals surface area contributed by atoms with Crippen molar-refractivity contribution in [3.63, 3.8) is 0 Å². The number of aliphatic imine (C=N–C) groups is 1. The van der Waals surface area contributed by atoms with Crippen molar-refractivity contribution in [2.75, 3.05) is 26.2 Å². The Morgan fingerprint density at radius 3 is 2.73 bits per heavy atom. The van der Waals surface area contributed by atoms with Crippen molar-refractivity contribution in [2.24, 2.45) is 4.99 Å². The summed E-state index contributed by atoms with van der Waals surface area (Å²) in [7, 11) is 0. The summed E-state index contributed by atoms with van der Waals surface area (Å²) < 4.78 is 0. The maximum Gasteiger partial charge on any atom is 0.191 e. The molecule has 1 aromatic rings. The number of rotatable bonds is 6. The minimum absolute atomic E-state index is 0. The SMILES string of the molecule is CCCN1CCC(NC(=NCc2ccsc2)NCC)CC1.I. The van der Waals surface area contributed by atoms with Crippen LogP contribution in [0.5, 0.6) is 0 Å². The first-order valence-corrected chi connectivity index (χ1v) is 9.04. The summed E-state index contributed by atoms with van der Waals surface area (Å²) in [6.45, 7) is 9.68. The highest BCUT2D eigenvalue weighted by molar-refractivity contribution is 14.0. The number of thiophene rings is 1. The Kier molecular flexibility index (Phi) is 10.1. The fraction of sp³-hybridized carbons (Fsp3) is 0.688. The Balaban J connectivity index is 0.00000242. The molecule has 0 aliphatic carbocycles. The van der Waals surface area contributed by atoms with Crippen LogP contribution in [-0.2, 0) is 6.54 Å². The molecule has 1 aliphatic rings. The van der Waals surface area contributed by atoms with Gasteiger partial charge in [0, 0.05) is 25.7 Å². The van der Waals surface area contributed by atoms with Crippen LogP contribution >= 0.6 is 35.3 Å². The summed E-state index contributed by atoms with van der Waals surface area (Å²) in [5, 5.41) is 11.2. The van der Waals surface area contributed by atoms with E-state index in [9.17, 15) is 0 Å². The number of guanidine groups is 1. The third kappa shape index (κ3) is 6.83. The Bertz CT molecular complexity index is 414. The first-order chi connectivity index (χ1) is 10.3. The van der Waals surface area contributed by atoms with Crippen LogP contribution in [0.2, 0.25) is 0 Å². The number of piperidine rings is 1. The highest BCUT2D eigenvalue weighted by Crippen LogP contribution is 2.11. The first kappa shape index (κ1) is 19.7. The minimum Gasteiger partial charge on any atom is -0.357 e. The molecule has 0 radical (unpaired) electrons. The molecule has 0 atom stereocenters. The van der Waals surface area contributed by atoms with Crippen LogP contribution in [0.1, 0.15) is 38.7 Å². The van der Waals surface area contributed by atoms with Gasteiger partial charge in [0.15, 0.2) is 5.96 Å². The Labute approximate surface area is 155 Å². The lowest BCUT2D eigenvalue weighted by atomic mass is 10.1. The van der Waals surface area contributed by atoms with Crippen molar-refractivity contribution < 1.29 is 0 Å². The molecular formula is C16H29IN4S. The van der Waals surface area contributed by atoms with E-state index in [1.807, 2.05) is 0 Å². The van der Waals surface area contributed by atoms with Crippen molar-refractivity contribution in [1.82, 2.24) is 15.5 Å². The molecule has 0 bridgehead atoms. The number of nitrogens with one attached hydrogen (secondary N) is 2. The molecule has 2 heterocycles. The average molecular weight is 436 g/mol. The third-order valence-electron chi connectivity index (χ3n) is 3.81. The molecule has 1 saturated heterocycles. The molecule has 0 spiro atoms. The maximum absolute atomic E-state index is 4.69. The zero-order valence-corrected chi connectivity index (χ0v) is 16.8. The van der Waals surface area contributed by atoms with Gasteiger partial charge in [-0.1, -0.05) is 6.92 Å². The van der Waals surface area contributed by atoms with E-state index >= 15 is 0 Å². The van der Waals surface area contributed by atoms with Gasteiger partial charge in [0.2, 0.25) is 0 Å². The van der Waals surface area contributed by atoms with Gasteiger partial charge in [-0.2, -0.15) is 11.3 Å². The van der Waals surface area contributed by atoms with Crippen LogP contribution < -0.4 is 10.6 Å². The molecule has 126 valence electrons. The molecule has 4 nitrogen and oxygen atoms in total. The molecule has 6 heteroatoms. The van der Waals surface area contributed by atoms with Crippen LogP contribution in [0.15, 0.2) is 21.8 Å². The van der Waals surface area contributed by atoms with Crippen LogP contribution in [0.3, 0.4) is 0 Å². The quantitative estimate of drug-likeness (QED) is 0.409. The van der Waals surface area contributed by atoms with Crippen molar-refractivity contribution in [3.05, 3.63) is 22.4 Å². The van der Waals surface area contributed by atoms with Gasteiger partial charge in [0.1, 0.15) is 0 Å². The smallest absolute Gasteiger partial charge is 0.191 e. The third-order valence-corrected chi connectivity index (χ3v) is 4.54. The van der Waals surface area contributed by atoms with Crippen molar-refractivity contribution >= 4 is 41.3 Å². The second kappa shape index (κ2) is 11.2. The molecule has 0 amide bonds. The molecule has 1 aliphatic heterocycles. The molecule has 1 fully saturated rings. The minimum atomic E-state index is 0. The number of nitrogens with zero attached hydrogens (tertiary/aromatic N) is 2. The maximum atomic E-state index is 4.69. The Hall–Kier alpha value is -0.340. The Morgan fingerprint density at radius 1 is 1.36 bits per heavy atom. The summed E-state index contributed by atoms with van der Waals surface area (Å²) in [6, 6.07) is 2.69. The highest BCUT2D eigenvalue weighted by Gasteiger charge is 2.19. The summed E-state index contributed by atoms with van der Waals surface area (Å²) in [4.78, 5) is 7.26. The molecule has 2 N–H and O–H groups in total. The second-order valence-corrected chi connectivity index (χ2v) is 6.37. The van der Waals surface area contributed by atoms with Crippen molar-refractivity contribution in [1.29, 1.82) is 0 Å². The fourth-order valence-corrected chi connectivity index (χ4v) is 3.34. The first-order valence-electron chi connectivity index (χ1n) is 8.10. The summed E-state index contributed by atoms with van der Waals surface area (Å²) >= 11 is 1.73. The van der Waals surface area contributed by atoms with Crippen LogP contribution in [0, 0.1) is 0 Å². The van der Waals surface area contributed by atoms with E-state index in [1.165, 1.54) is 44.5 Å². The average Bonchev–Trinajstić information content (AvgIpc) is 3.01. The van der Waals surface area contributed by atoms with E-state index in [2.05, 4.69) is 46.2 Å². The van der Waals surface area contributed by atoms with Gasteiger partial charge in [-0.3, -0.25) is 0 Å². The molecule has 0 unspecified atom stereocenters. The summed E-state index contributed by atoms with van der Waals surface area (Å²) in [5.74, 6) is 0.956. The number of likely N-dealkylation sites (tertiary alicyclic amines) is 1. The molecule has 2 rings (SSSR count). The lowest BCUT2D eigenvalue weighted by Crippen LogP contribution is -2.48. The number of hydrogen-bond donors (Lipinski definition) is 2. The van der Waals surface area contributed by atoms with Gasteiger partial charge >= 0.3 is 0 Å². The number of halogens is 1. The van der Waals surface area contributed by atoms with Crippen LogP contribution in [0.25, 0.3) is 0 Å². The zero-order chi connectivity index (χ0) is 14.9. The largest absolute Gasteiger partial charge is 0.357 e. The molecule has 1 aromatic heterocycles. The van der Waals surface area contributed by atoms with Crippen molar-refractivity contribution in [3.8, 4) is 0 Å². The Morgan fingerprint density at radius 2 is 2.14 bits per heavy atom. The van der Waals surface area contributed by atoms with Gasteiger partial charge in [-0.25, -0.2) is 4.99 Å². The molecule has 0 saturated carbocycles. The fourth-order valence-electron chi connectivity index (χ4n) is 2.68. The van der Waals surface area contributed by atoms with Gasteiger partial charge in [-0.15, -0.1) is 24.0 Å². The summed E-state index contributed by atoms with van der Waals surface area (Å²) in [6.07, 6.45) is 3.68. The molecule has 22 heavy (non-hydrogen) atoms. The van der Waals surface area contributed by atoms with E-state index < -0.39 is 0 Å². The highest BCUT2D eigenvalue weighted by atomic mass is 127. The van der Waals surface area contributed by atoms with E-state index in [0.29, 0.717) is 6.04 Å². The lowest BCUT2D eigenvalue weighted by Gasteiger charge is -2.32. The lowest BCUT2D eigenvalue weighted by molar-refractivity contribution is 0.206. The van der Waals surface area contributed by atoms with E-state index in [4.69, 9.17) is 4.99 Å². The molecule has 0 aromatic carbocycles. The van der Waals surface area contributed by atoms with Gasteiger partial charge < -0.3 is 15.5 Å². The van der Waals surface area contributed by atoms with E-state index in [1.54, 1.807) is 11.3 Å². The van der Waals surface area contributed by atoms with Gasteiger partial charge in [0.25, 0.3) is 0 Å². The van der Waals surface area contributed by atoms with Crippen LogP contribution in [-0.4, -0.2) is 43.1 Å². The van der Waals surface area contributed by atoms with Crippen molar-refractivity contribution in [2.45, 2.75) is 45.7 Å². The van der Waals surface area contributed by atoms with Gasteiger partial charge in [-0.05, 0) is 55.1 Å². The standard InChI is InChI=1S/C16H28N4S.HI/c1-3-8-20-9-5-15(6-10-20)19-16(17-4-2)18-12-14-7-11-21-13-14;/h7,11,13,15H,3-6,8-10,12H2,1-2H3,(H2,17,18,19);1H. The van der Waals surface area contributed by atoms with E-state index in [0.717, 1.165) is 19.0 Å². The van der Waals surface area contributed by atoms with E-state index in [-0.39, 0.29) is 24.0 Å². The second-order valence-electron chi connectivity index (χ2n) is 5.59. The predicted octanol–water partition coefficient (Wildman–Crippen LogP) is 3.30. The zero-order valence-electron chi connectivity index (χ0n) is 13.7. The topological polar surface area (TPSA) is 39.7 Å². The summed E-state index contributed by atoms with van der Waals surface area (Å²) in [5.41, 5.74) is 1.29. The van der Waals surface area contributed by atoms with Gasteiger partial charge in [0.05, 0.1) is 6.54 Å².